The first-order valence-electron chi connectivity index (χ1n) is 6.05. The van der Waals surface area contributed by atoms with Crippen LogP contribution in [0.15, 0.2) is 18.6 Å². The van der Waals surface area contributed by atoms with Gasteiger partial charge in [-0.15, -0.1) is 0 Å². The van der Waals surface area contributed by atoms with Crippen molar-refractivity contribution in [1.82, 2.24) is 15.4 Å². The normalized spacial score (nSPS) is 14.7. The van der Waals surface area contributed by atoms with Gasteiger partial charge in [0.15, 0.2) is 0 Å². The summed E-state index contributed by atoms with van der Waals surface area (Å²) in [7, 11) is 0. The molecule has 0 bridgehead atoms. The summed E-state index contributed by atoms with van der Waals surface area (Å²) in [6.07, 6.45) is 9.92. The number of hydrazine groups is 1. The van der Waals surface area contributed by atoms with Crippen LogP contribution in [0.2, 0.25) is 0 Å². The Morgan fingerprint density at radius 3 is 2.69 bits per heavy atom. The summed E-state index contributed by atoms with van der Waals surface area (Å²) in [6.45, 7) is 4.40. The van der Waals surface area contributed by atoms with Crippen molar-refractivity contribution < 1.29 is 0 Å². The van der Waals surface area contributed by atoms with Crippen molar-refractivity contribution in [2.45, 2.75) is 45.6 Å². The molecule has 2 unspecified atom stereocenters. The van der Waals surface area contributed by atoms with E-state index in [1.54, 1.807) is 18.6 Å². The second-order valence-electron chi connectivity index (χ2n) is 4.09. The van der Waals surface area contributed by atoms with Crippen molar-refractivity contribution in [2.24, 2.45) is 11.8 Å². The summed E-state index contributed by atoms with van der Waals surface area (Å²) in [5.41, 5.74) is 3.81. The van der Waals surface area contributed by atoms with Gasteiger partial charge in [0, 0.05) is 12.4 Å². The van der Waals surface area contributed by atoms with Crippen molar-refractivity contribution in [2.75, 3.05) is 0 Å². The molecule has 0 radical (unpaired) electrons. The van der Waals surface area contributed by atoms with Crippen LogP contribution in [0.5, 0.6) is 0 Å². The highest BCUT2D eigenvalue weighted by atomic mass is 15.2. The molecular weight excluding hydrogens is 200 g/mol. The number of nitrogens with two attached hydrogens (primary N) is 1. The Kier molecular flexibility index (Phi) is 5.96. The molecule has 0 saturated heterocycles. The van der Waals surface area contributed by atoms with Gasteiger partial charge in [0.1, 0.15) is 0 Å². The smallest absolute Gasteiger partial charge is 0.0772 e. The molecular formula is C12H22N4. The van der Waals surface area contributed by atoms with Crippen LogP contribution in [0.3, 0.4) is 0 Å². The van der Waals surface area contributed by atoms with Crippen LogP contribution < -0.4 is 11.3 Å². The topological polar surface area (TPSA) is 63.8 Å². The molecule has 2 atom stereocenters. The lowest BCUT2D eigenvalue weighted by molar-refractivity contribution is 0.320. The zero-order valence-electron chi connectivity index (χ0n) is 10.2. The fourth-order valence-corrected chi connectivity index (χ4v) is 2.01. The molecule has 16 heavy (non-hydrogen) atoms. The predicted octanol–water partition coefficient (Wildman–Crippen LogP) is 2.20. The Labute approximate surface area is 97.7 Å². The van der Waals surface area contributed by atoms with Crippen LogP contribution in [0, 0.1) is 5.92 Å². The molecule has 1 aromatic rings. The Bertz CT molecular complexity index is 276. The molecule has 3 N–H and O–H groups in total. The molecule has 0 aromatic carbocycles. The summed E-state index contributed by atoms with van der Waals surface area (Å²) in [5.74, 6) is 6.16. The lowest BCUT2D eigenvalue weighted by Crippen LogP contribution is -2.34. The zero-order chi connectivity index (χ0) is 11.8. The highest BCUT2D eigenvalue weighted by Crippen LogP contribution is 2.26. The van der Waals surface area contributed by atoms with Gasteiger partial charge in [-0.25, -0.2) is 0 Å². The highest BCUT2D eigenvalue weighted by Gasteiger charge is 2.21. The molecule has 0 aliphatic heterocycles. The fraction of sp³-hybridized carbons (Fsp3) is 0.667. The quantitative estimate of drug-likeness (QED) is 0.548. The molecule has 0 fully saturated rings. The van der Waals surface area contributed by atoms with Crippen LogP contribution in [-0.2, 0) is 0 Å². The Hall–Kier alpha value is -1.00. The molecule has 1 heterocycles. The van der Waals surface area contributed by atoms with Crippen molar-refractivity contribution in [3.05, 3.63) is 24.3 Å². The largest absolute Gasteiger partial charge is 0.271 e. The van der Waals surface area contributed by atoms with Crippen LogP contribution in [0.1, 0.15) is 51.3 Å². The van der Waals surface area contributed by atoms with E-state index in [1.165, 1.54) is 19.3 Å². The second kappa shape index (κ2) is 7.30. The maximum atomic E-state index is 5.64. The van der Waals surface area contributed by atoms with Crippen molar-refractivity contribution in [3.8, 4) is 0 Å². The van der Waals surface area contributed by atoms with E-state index in [4.69, 9.17) is 5.84 Å². The van der Waals surface area contributed by atoms with Gasteiger partial charge >= 0.3 is 0 Å². The van der Waals surface area contributed by atoms with Crippen LogP contribution in [0.25, 0.3) is 0 Å². The Morgan fingerprint density at radius 1 is 1.38 bits per heavy atom. The minimum Gasteiger partial charge on any atom is -0.271 e. The van der Waals surface area contributed by atoms with Crippen molar-refractivity contribution in [3.63, 3.8) is 0 Å². The van der Waals surface area contributed by atoms with Crippen LogP contribution in [-0.4, -0.2) is 9.97 Å². The summed E-state index contributed by atoms with van der Waals surface area (Å²) in [6, 6.07) is 0.116. The number of rotatable bonds is 7. The molecule has 1 rings (SSSR count). The van der Waals surface area contributed by atoms with E-state index in [-0.39, 0.29) is 6.04 Å². The lowest BCUT2D eigenvalue weighted by Gasteiger charge is -2.24. The average molecular weight is 222 g/mol. The molecule has 4 nitrogen and oxygen atoms in total. The number of hydrogen-bond acceptors (Lipinski definition) is 4. The van der Waals surface area contributed by atoms with E-state index in [9.17, 15) is 0 Å². The van der Waals surface area contributed by atoms with Gasteiger partial charge in [0.05, 0.1) is 17.9 Å². The lowest BCUT2D eigenvalue weighted by atomic mass is 9.90. The summed E-state index contributed by atoms with van der Waals surface area (Å²) >= 11 is 0. The maximum Gasteiger partial charge on any atom is 0.0772 e. The van der Waals surface area contributed by atoms with E-state index in [1.807, 2.05) is 0 Å². The molecule has 0 amide bonds. The number of unbranched alkanes of at least 4 members (excludes halogenated alkanes) is 1. The highest BCUT2D eigenvalue weighted by molar-refractivity contribution is 5.03. The van der Waals surface area contributed by atoms with Gasteiger partial charge in [-0.05, 0) is 12.3 Å². The number of nitrogens with zero attached hydrogens (tertiary/aromatic N) is 2. The van der Waals surface area contributed by atoms with Gasteiger partial charge in [0.25, 0.3) is 0 Å². The summed E-state index contributed by atoms with van der Waals surface area (Å²) < 4.78 is 0. The third-order valence-electron chi connectivity index (χ3n) is 3.01. The summed E-state index contributed by atoms with van der Waals surface area (Å²) in [5, 5.41) is 0. The zero-order valence-corrected chi connectivity index (χ0v) is 10.2. The molecule has 90 valence electrons. The molecule has 0 aliphatic rings. The minimum atomic E-state index is 0.116. The second-order valence-corrected chi connectivity index (χ2v) is 4.09. The Morgan fingerprint density at radius 2 is 2.19 bits per heavy atom. The number of hydrogen-bond donors (Lipinski definition) is 2. The third-order valence-corrected chi connectivity index (χ3v) is 3.01. The first-order chi connectivity index (χ1) is 7.83. The van der Waals surface area contributed by atoms with E-state index >= 15 is 0 Å². The van der Waals surface area contributed by atoms with Gasteiger partial charge in [-0.1, -0.05) is 33.1 Å². The molecule has 0 saturated carbocycles. The third kappa shape index (κ3) is 3.54. The standard InChI is InChI=1S/C12H22N4/c1-3-5-6-10(4-2)12(16-13)11-9-14-7-8-15-11/h7-10,12,16H,3-6,13H2,1-2H3. The van der Waals surface area contributed by atoms with E-state index in [0.717, 1.165) is 12.1 Å². The van der Waals surface area contributed by atoms with E-state index in [2.05, 4.69) is 29.2 Å². The monoisotopic (exact) mass is 222 g/mol. The first kappa shape index (κ1) is 13.1. The van der Waals surface area contributed by atoms with Gasteiger partial charge in [-0.3, -0.25) is 21.2 Å². The maximum absolute atomic E-state index is 5.64. The SMILES string of the molecule is CCCCC(CC)C(NN)c1cnccn1. The molecule has 0 aliphatic carbocycles. The first-order valence-corrected chi connectivity index (χ1v) is 6.05. The average Bonchev–Trinajstić information content (AvgIpc) is 2.35. The predicted molar refractivity (Wildman–Crippen MR) is 65.4 cm³/mol. The minimum absolute atomic E-state index is 0.116. The van der Waals surface area contributed by atoms with Crippen molar-refractivity contribution >= 4 is 0 Å². The Balaban J connectivity index is 2.71. The fourth-order valence-electron chi connectivity index (χ4n) is 2.01. The van der Waals surface area contributed by atoms with Crippen LogP contribution in [0.4, 0.5) is 0 Å². The van der Waals surface area contributed by atoms with Gasteiger partial charge < -0.3 is 0 Å². The summed E-state index contributed by atoms with van der Waals surface area (Å²) in [4.78, 5) is 8.41. The van der Waals surface area contributed by atoms with Crippen molar-refractivity contribution in [1.29, 1.82) is 0 Å². The molecule has 4 heteroatoms. The van der Waals surface area contributed by atoms with Gasteiger partial charge in [0.2, 0.25) is 0 Å². The number of aromatic nitrogens is 2. The van der Waals surface area contributed by atoms with E-state index < -0.39 is 0 Å². The molecule has 1 aromatic heterocycles. The van der Waals surface area contributed by atoms with E-state index in [0.29, 0.717) is 5.92 Å². The molecule has 0 spiro atoms. The van der Waals surface area contributed by atoms with Gasteiger partial charge in [-0.2, -0.15) is 0 Å². The van der Waals surface area contributed by atoms with Crippen LogP contribution >= 0.6 is 0 Å². The number of nitrogens with one attached hydrogen (secondary N) is 1.